The highest BCUT2D eigenvalue weighted by atomic mass is 16.2. The van der Waals surface area contributed by atoms with Crippen LogP contribution in [-0.4, -0.2) is 78.9 Å². The van der Waals surface area contributed by atoms with Crippen LogP contribution in [0.15, 0.2) is 0 Å². The predicted octanol–water partition coefficient (Wildman–Crippen LogP) is -0.262. The van der Waals surface area contributed by atoms with Gasteiger partial charge in [-0.2, -0.15) is 0 Å². The zero-order valence-electron chi connectivity index (χ0n) is 13.6. The van der Waals surface area contributed by atoms with Crippen molar-refractivity contribution in [2.45, 2.75) is 26.2 Å². The van der Waals surface area contributed by atoms with Crippen molar-refractivity contribution < 1.29 is 9.59 Å². The number of nitrogens with two attached hydrogens (primary N) is 1. The molecule has 0 aromatic heterocycles. The maximum absolute atomic E-state index is 12.4. The fourth-order valence-corrected chi connectivity index (χ4v) is 3.48. The van der Waals surface area contributed by atoms with Gasteiger partial charge in [-0.3, -0.25) is 14.5 Å². The van der Waals surface area contributed by atoms with Crippen LogP contribution in [0.4, 0.5) is 0 Å². The van der Waals surface area contributed by atoms with Crippen LogP contribution < -0.4 is 5.73 Å². The molecule has 6 heteroatoms. The second kappa shape index (κ2) is 6.16. The van der Waals surface area contributed by atoms with Crippen molar-refractivity contribution in [2.24, 2.45) is 17.1 Å². The molecule has 2 aliphatic heterocycles. The number of carbonyl (C=O) groups is 2. The normalized spacial score (nSPS) is 29.9. The van der Waals surface area contributed by atoms with Crippen LogP contribution in [-0.2, 0) is 9.59 Å². The van der Waals surface area contributed by atoms with Gasteiger partial charge in [-0.15, -0.1) is 0 Å². The minimum Gasteiger partial charge on any atom is -0.339 e. The van der Waals surface area contributed by atoms with Gasteiger partial charge in [-0.25, -0.2) is 0 Å². The Kier molecular flexibility index (Phi) is 4.41. The number of hydrogen-bond donors (Lipinski definition) is 1. The Morgan fingerprint density at radius 3 is 2.27 bits per heavy atom. The highest BCUT2D eigenvalue weighted by molar-refractivity contribution is 5.82. The van der Waals surface area contributed by atoms with Gasteiger partial charge < -0.3 is 15.5 Å². The highest BCUT2D eigenvalue weighted by Crippen LogP contribution is 2.31. The van der Waals surface area contributed by atoms with E-state index < -0.39 is 0 Å². The lowest BCUT2D eigenvalue weighted by Gasteiger charge is -2.35. The molecular weight excluding hydrogens is 280 g/mol. The van der Waals surface area contributed by atoms with Gasteiger partial charge in [0.2, 0.25) is 11.8 Å². The second-order valence-electron chi connectivity index (χ2n) is 7.46. The molecular formula is C16H28N4O2. The fourth-order valence-electron chi connectivity index (χ4n) is 3.48. The van der Waals surface area contributed by atoms with Gasteiger partial charge in [-0.05, 0) is 37.8 Å². The average molecular weight is 308 g/mol. The van der Waals surface area contributed by atoms with E-state index in [4.69, 9.17) is 5.73 Å². The zero-order valence-corrected chi connectivity index (χ0v) is 13.6. The maximum Gasteiger partial charge on any atom is 0.236 e. The lowest BCUT2D eigenvalue weighted by atomic mass is 9.90. The molecule has 2 amide bonds. The monoisotopic (exact) mass is 308 g/mol. The molecule has 124 valence electrons. The number of rotatable bonds is 4. The van der Waals surface area contributed by atoms with Gasteiger partial charge in [0.05, 0.1) is 6.54 Å². The molecule has 0 radical (unpaired) electrons. The number of likely N-dealkylation sites (tertiary alicyclic amines) is 1. The van der Waals surface area contributed by atoms with Gasteiger partial charge in [0, 0.05) is 38.6 Å². The van der Waals surface area contributed by atoms with Crippen molar-refractivity contribution in [3.63, 3.8) is 0 Å². The molecule has 6 nitrogen and oxygen atoms in total. The Hall–Kier alpha value is -1.14. The summed E-state index contributed by atoms with van der Waals surface area (Å²) in [6, 6.07) is 0. The smallest absolute Gasteiger partial charge is 0.236 e. The van der Waals surface area contributed by atoms with E-state index in [2.05, 4.69) is 11.8 Å². The number of piperazine rings is 1. The predicted molar refractivity (Wildman–Crippen MR) is 84.1 cm³/mol. The molecule has 0 spiro atoms. The maximum atomic E-state index is 12.4. The zero-order chi connectivity index (χ0) is 15.7. The van der Waals surface area contributed by atoms with Crippen LogP contribution in [0.5, 0.6) is 0 Å². The summed E-state index contributed by atoms with van der Waals surface area (Å²) in [5.74, 6) is 0.769. The lowest BCUT2D eigenvalue weighted by molar-refractivity contribution is -0.140. The molecule has 1 atom stereocenters. The van der Waals surface area contributed by atoms with E-state index in [1.165, 1.54) is 0 Å². The summed E-state index contributed by atoms with van der Waals surface area (Å²) < 4.78 is 0. The fraction of sp³-hybridized carbons (Fsp3) is 0.875. The largest absolute Gasteiger partial charge is 0.339 e. The van der Waals surface area contributed by atoms with Crippen molar-refractivity contribution in [1.29, 1.82) is 0 Å². The van der Waals surface area contributed by atoms with Gasteiger partial charge in [0.1, 0.15) is 0 Å². The average Bonchev–Trinajstić information content (AvgIpc) is 3.31. The van der Waals surface area contributed by atoms with Gasteiger partial charge in [0.25, 0.3) is 0 Å². The lowest BCUT2D eigenvalue weighted by Crippen LogP contribution is -2.53. The first kappa shape index (κ1) is 15.7. The van der Waals surface area contributed by atoms with Crippen LogP contribution in [0, 0.1) is 11.3 Å². The number of nitrogens with zero attached hydrogens (tertiary/aromatic N) is 3. The number of hydrogen-bond acceptors (Lipinski definition) is 4. The summed E-state index contributed by atoms with van der Waals surface area (Å²) in [6.07, 6.45) is 3.17. The van der Waals surface area contributed by atoms with E-state index in [0.717, 1.165) is 32.4 Å². The molecule has 22 heavy (non-hydrogen) atoms. The Morgan fingerprint density at radius 1 is 1.09 bits per heavy atom. The molecule has 2 N–H and O–H groups in total. The minimum atomic E-state index is 0.162. The summed E-state index contributed by atoms with van der Waals surface area (Å²) in [5.41, 5.74) is 5.98. The molecule has 3 aliphatic rings. The first-order chi connectivity index (χ1) is 10.5. The van der Waals surface area contributed by atoms with Crippen LogP contribution in [0.3, 0.4) is 0 Å². The summed E-state index contributed by atoms with van der Waals surface area (Å²) in [7, 11) is 0. The molecule has 3 rings (SSSR count). The quantitative estimate of drug-likeness (QED) is 0.777. The summed E-state index contributed by atoms with van der Waals surface area (Å²) in [5, 5.41) is 0. The summed E-state index contributed by atoms with van der Waals surface area (Å²) >= 11 is 0. The topological polar surface area (TPSA) is 69.9 Å². The third kappa shape index (κ3) is 3.43. The van der Waals surface area contributed by atoms with Crippen LogP contribution >= 0.6 is 0 Å². The second-order valence-corrected chi connectivity index (χ2v) is 7.46. The van der Waals surface area contributed by atoms with E-state index in [-0.39, 0.29) is 17.2 Å². The Labute approximate surface area is 132 Å². The molecule has 3 fully saturated rings. The van der Waals surface area contributed by atoms with Gasteiger partial charge in [-0.1, -0.05) is 6.92 Å². The van der Waals surface area contributed by atoms with E-state index in [0.29, 0.717) is 45.2 Å². The Bertz CT molecular complexity index is 443. The van der Waals surface area contributed by atoms with Crippen LogP contribution in [0.1, 0.15) is 26.2 Å². The molecule has 1 aliphatic carbocycles. The molecule has 0 bridgehead atoms. The van der Waals surface area contributed by atoms with Crippen molar-refractivity contribution in [3.05, 3.63) is 0 Å². The van der Waals surface area contributed by atoms with E-state index in [1.807, 2.05) is 9.80 Å². The van der Waals surface area contributed by atoms with Crippen LogP contribution in [0.25, 0.3) is 0 Å². The molecule has 2 heterocycles. The minimum absolute atomic E-state index is 0.162. The van der Waals surface area contributed by atoms with Crippen molar-refractivity contribution >= 4 is 11.8 Å². The highest BCUT2D eigenvalue weighted by Gasteiger charge is 2.36. The van der Waals surface area contributed by atoms with Gasteiger partial charge >= 0.3 is 0 Å². The third-order valence-electron chi connectivity index (χ3n) is 5.36. The van der Waals surface area contributed by atoms with Crippen molar-refractivity contribution in [2.75, 3.05) is 52.4 Å². The molecule has 1 saturated carbocycles. The molecule has 2 saturated heterocycles. The van der Waals surface area contributed by atoms with E-state index >= 15 is 0 Å². The standard InChI is InChI=1S/C16H28N4O2/c1-16(11-17)4-5-18(12-16)10-14(21)19-6-8-20(9-7-19)15(22)13-2-3-13/h13H,2-12,17H2,1H3. The molecule has 0 aromatic rings. The van der Waals surface area contributed by atoms with Crippen molar-refractivity contribution in [1.82, 2.24) is 14.7 Å². The van der Waals surface area contributed by atoms with E-state index in [1.54, 1.807) is 0 Å². The van der Waals surface area contributed by atoms with E-state index in [9.17, 15) is 9.59 Å². The number of amides is 2. The Morgan fingerprint density at radius 2 is 1.73 bits per heavy atom. The Balaban J connectivity index is 1.43. The number of carbonyl (C=O) groups excluding carboxylic acids is 2. The third-order valence-corrected chi connectivity index (χ3v) is 5.36. The first-order valence-electron chi connectivity index (χ1n) is 8.50. The molecule has 1 unspecified atom stereocenters. The summed E-state index contributed by atoms with van der Waals surface area (Å²) in [6.45, 7) is 7.99. The molecule has 0 aromatic carbocycles. The SMILES string of the molecule is CC1(CN)CCN(CC(=O)N2CCN(C(=O)C3CC3)CC2)C1. The van der Waals surface area contributed by atoms with Gasteiger partial charge in [0.15, 0.2) is 0 Å². The van der Waals surface area contributed by atoms with Crippen LogP contribution in [0.2, 0.25) is 0 Å². The first-order valence-corrected chi connectivity index (χ1v) is 8.50. The summed E-state index contributed by atoms with van der Waals surface area (Å²) in [4.78, 5) is 30.5. The van der Waals surface area contributed by atoms with Crippen molar-refractivity contribution in [3.8, 4) is 0 Å².